The van der Waals surface area contributed by atoms with E-state index in [9.17, 15) is 4.79 Å². The van der Waals surface area contributed by atoms with Crippen LogP contribution in [0.1, 0.15) is 18.4 Å². The highest BCUT2D eigenvalue weighted by molar-refractivity contribution is 6.35. The molecule has 1 aromatic rings. The number of amides is 1. The maximum Gasteiger partial charge on any atom is 0.230 e. The fourth-order valence-electron chi connectivity index (χ4n) is 1.96. The molecular formula is C12H13Cl2NO2. The lowest BCUT2D eigenvalue weighted by Crippen LogP contribution is -2.36. The Morgan fingerprint density at radius 3 is 2.65 bits per heavy atom. The van der Waals surface area contributed by atoms with E-state index in [0.717, 1.165) is 18.4 Å². The molecular weight excluding hydrogens is 261 g/mol. The largest absolute Gasteiger partial charge is 0.395 e. The van der Waals surface area contributed by atoms with E-state index in [1.807, 2.05) is 0 Å². The maximum atomic E-state index is 12.0. The van der Waals surface area contributed by atoms with Crippen LogP contribution in [0.2, 0.25) is 10.0 Å². The molecule has 1 aliphatic rings. The predicted molar refractivity (Wildman–Crippen MR) is 67.5 cm³/mol. The quantitative estimate of drug-likeness (QED) is 0.883. The predicted octanol–water partition coefficient (Wildman–Crippen LogP) is 2.13. The number of aliphatic hydroxyl groups excluding tert-OH is 1. The Bertz CT molecular complexity index is 444. The van der Waals surface area contributed by atoms with E-state index in [1.165, 1.54) is 0 Å². The molecule has 0 aromatic heterocycles. The molecule has 0 atom stereocenters. The number of carbonyl (C=O) groups excluding carboxylic acids is 1. The molecule has 2 N–H and O–H groups in total. The topological polar surface area (TPSA) is 49.3 Å². The third-order valence-corrected chi connectivity index (χ3v) is 3.58. The number of benzene rings is 1. The van der Waals surface area contributed by atoms with Gasteiger partial charge in [-0.05, 0) is 30.5 Å². The van der Waals surface area contributed by atoms with Gasteiger partial charge in [-0.15, -0.1) is 0 Å². The van der Waals surface area contributed by atoms with Crippen molar-refractivity contribution in [3.8, 4) is 0 Å². The van der Waals surface area contributed by atoms with Gasteiger partial charge in [-0.3, -0.25) is 4.79 Å². The van der Waals surface area contributed by atoms with Gasteiger partial charge >= 0.3 is 0 Å². The highest BCUT2D eigenvalue weighted by Gasteiger charge is 2.52. The normalized spacial score (nSPS) is 16.6. The van der Waals surface area contributed by atoms with Crippen LogP contribution in [0.5, 0.6) is 0 Å². The molecule has 0 saturated heterocycles. The van der Waals surface area contributed by atoms with Gasteiger partial charge in [0.25, 0.3) is 0 Å². The molecule has 0 aliphatic heterocycles. The fraction of sp³-hybridized carbons (Fsp3) is 0.417. The lowest BCUT2D eigenvalue weighted by Gasteiger charge is -2.16. The molecule has 92 valence electrons. The zero-order chi connectivity index (χ0) is 12.5. The van der Waals surface area contributed by atoms with Gasteiger partial charge in [0.15, 0.2) is 0 Å². The number of nitrogens with one attached hydrogen (secondary N) is 1. The van der Waals surface area contributed by atoms with Gasteiger partial charge in [-0.2, -0.15) is 0 Å². The Hall–Kier alpha value is -0.770. The molecule has 3 nitrogen and oxygen atoms in total. The van der Waals surface area contributed by atoms with E-state index in [4.69, 9.17) is 28.3 Å². The second kappa shape index (κ2) is 4.84. The molecule has 0 spiro atoms. The van der Waals surface area contributed by atoms with E-state index in [-0.39, 0.29) is 19.1 Å². The summed E-state index contributed by atoms with van der Waals surface area (Å²) in [5.41, 5.74) is 0.302. The number of aliphatic hydroxyl groups is 1. The van der Waals surface area contributed by atoms with E-state index in [2.05, 4.69) is 5.32 Å². The molecule has 5 heteroatoms. The third kappa shape index (κ3) is 2.41. The van der Waals surface area contributed by atoms with Crippen molar-refractivity contribution in [3.05, 3.63) is 33.8 Å². The molecule has 0 heterocycles. The summed E-state index contributed by atoms with van der Waals surface area (Å²) in [6.45, 7) is 0.210. The van der Waals surface area contributed by atoms with Gasteiger partial charge in [0.05, 0.1) is 12.0 Å². The van der Waals surface area contributed by atoms with Gasteiger partial charge in [0.1, 0.15) is 0 Å². The highest BCUT2D eigenvalue weighted by atomic mass is 35.5. The van der Waals surface area contributed by atoms with E-state index in [1.54, 1.807) is 18.2 Å². The summed E-state index contributed by atoms with van der Waals surface area (Å²) in [5.74, 6) is -0.0734. The van der Waals surface area contributed by atoms with Crippen molar-refractivity contribution in [1.82, 2.24) is 5.32 Å². The second-order valence-electron chi connectivity index (χ2n) is 4.19. The Balaban J connectivity index is 2.23. The average Bonchev–Trinajstić information content (AvgIpc) is 3.07. The summed E-state index contributed by atoms with van der Waals surface area (Å²) in [4.78, 5) is 12.0. The Labute approximate surface area is 110 Å². The van der Waals surface area contributed by atoms with Crippen molar-refractivity contribution < 1.29 is 9.90 Å². The molecule has 1 saturated carbocycles. The summed E-state index contributed by atoms with van der Waals surface area (Å²) >= 11 is 12.0. The maximum absolute atomic E-state index is 12.0. The third-order valence-electron chi connectivity index (χ3n) is 3.03. The van der Waals surface area contributed by atoms with Gasteiger partial charge in [0.2, 0.25) is 5.91 Å². The van der Waals surface area contributed by atoms with Crippen LogP contribution in [0.4, 0.5) is 0 Å². The van der Waals surface area contributed by atoms with Crippen LogP contribution in [-0.4, -0.2) is 24.2 Å². The van der Waals surface area contributed by atoms with Gasteiger partial charge in [-0.1, -0.05) is 29.3 Å². The van der Waals surface area contributed by atoms with Crippen LogP contribution < -0.4 is 5.32 Å². The highest BCUT2D eigenvalue weighted by Crippen LogP contribution is 2.50. The summed E-state index contributed by atoms with van der Waals surface area (Å²) in [7, 11) is 0. The first-order valence-electron chi connectivity index (χ1n) is 5.45. The molecule has 1 aliphatic carbocycles. The number of hydrogen-bond acceptors (Lipinski definition) is 2. The summed E-state index contributed by atoms with van der Waals surface area (Å²) in [6, 6.07) is 5.19. The second-order valence-corrected chi connectivity index (χ2v) is 5.03. The number of rotatable bonds is 4. The van der Waals surface area contributed by atoms with Crippen molar-refractivity contribution in [3.63, 3.8) is 0 Å². The molecule has 0 unspecified atom stereocenters. The monoisotopic (exact) mass is 273 g/mol. The average molecular weight is 274 g/mol. The summed E-state index contributed by atoms with van der Waals surface area (Å²) in [6.07, 6.45) is 1.57. The first-order valence-corrected chi connectivity index (χ1v) is 6.20. The Morgan fingerprint density at radius 1 is 1.41 bits per heavy atom. The molecule has 17 heavy (non-hydrogen) atoms. The van der Waals surface area contributed by atoms with Crippen molar-refractivity contribution >= 4 is 29.1 Å². The standard InChI is InChI=1S/C12H13Cl2NO2/c13-8-1-2-9(10(14)7-8)12(3-4-12)11(17)15-5-6-16/h1-2,7,16H,3-6H2,(H,15,17). The zero-order valence-electron chi connectivity index (χ0n) is 9.17. The lowest BCUT2D eigenvalue weighted by atomic mass is 9.95. The first-order chi connectivity index (χ1) is 8.10. The van der Waals surface area contributed by atoms with Crippen LogP contribution in [0.15, 0.2) is 18.2 Å². The van der Waals surface area contributed by atoms with Crippen molar-refractivity contribution in [2.75, 3.05) is 13.2 Å². The van der Waals surface area contributed by atoms with Crippen LogP contribution >= 0.6 is 23.2 Å². The Kier molecular flexibility index (Phi) is 3.61. The van der Waals surface area contributed by atoms with Crippen molar-refractivity contribution in [2.24, 2.45) is 0 Å². The lowest BCUT2D eigenvalue weighted by molar-refractivity contribution is -0.123. The van der Waals surface area contributed by atoms with E-state index < -0.39 is 5.41 Å². The van der Waals surface area contributed by atoms with Crippen molar-refractivity contribution in [1.29, 1.82) is 0 Å². The minimum Gasteiger partial charge on any atom is -0.395 e. The molecule has 1 aromatic carbocycles. The number of carbonyl (C=O) groups is 1. The summed E-state index contributed by atoms with van der Waals surface area (Å²) in [5, 5.41) is 12.5. The number of halogens is 2. The molecule has 1 fully saturated rings. The fourth-order valence-corrected chi connectivity index (χ4v) is 2.55. The number of hydrogen-bond donors (Lipinski definition) is 2. The zero-order valence-corrected chi connectivity index (χ0v) is 10.7. The van der Waals surface area contributed by atoms with Crippen molar-refractivity contribution in [2.45, 2.75) is 18.3 Å². The SMILES string of the molecule is O=C(NCCO)C1(c2ccc(Cl)cc2Cl)CC1. The molecule has 1 amide bonds. The van der Waals surface area contributed by atoms with Gasteiger partial charge in [-0.25, -0.2) is 0 Å². The van der Waals surface area contributed by atoms with E-state index in [0.29, 0.717) is 10.0 Å². The smallest absolute Gasteiger partial charge is 0.230 e. The minimum atomic E-state index is -0.517. The minimum absolute atomic E-state index is 0.0594. The molecule has 0 radical (unpaired) electrons. The van der Waals surface area contributed by atoms with Crippen LogP contribution in [0.25, 0.3) is 0 Å². The summed E-state index contributed by atoms with van der Waals surface area (Å²) < 4.78 is 0. The van der Waals surface area contributed by atoms with Gasteiger partial charge < -0.3 is 10.4 Å². The van der Waals surface area contributed by atoms with Crippen LogP contribution in [0, 0.1) is 0 Å². The van der Waals surface area contributed by atoms with Crippen LogP contribution in [0.3, 0.4) is 0 Å². The van der Waals surface area contributed by atoms with E-state index >= 15 is 0 Å². The molecule has 0 bridgehead atoms. The van der Waals surface area contributed by atoms with Crippen LogP contribution in [-0.2, 0) is 10.2 Å². The first kappa shape index (κ1) is 12.7. The molecule has 2 rings (SSSR count). The Morgan fingerprint density at radius 2 is 2.12 bits per heavy atom. The van der Waals surface area contributed by atoms with Gasteiger partial charge in [0, 0.05) is 16.6 Å².